The molecular weight excluding hydrogens is 404 g/mol. The molecule has 0 saturated carbocycles. The van der Waals surface area contributed by atoms with Gasteiger partial charge in [0, 0.05) is 7.05 Å². The van der Waals surface area contributed by atoms with Crippen molar-refractivity contribution in [2.45, 2.75) is 33.4 Å². The van der Waals surface area contributed by atoms with Crippen molar-refractivity contribution in [2.24, 2.45) is 4.99 Å². The molecule has 2 aliphatic rings. The number of likely N-dealkylation sites (N-methyl/N-ethyl adjacent to an activating group) is 2. The summed E-state index contributed by atoms with van der Waals surface area (Å²) in [6.45, 7) is 6.61. The van der Waals surface area contributed by atoms with Gasteiger partial charge in [0.05, 0.1) is 18.8 Å². The Morgan fingerprint density at radius 2 is 1.81 bits per heavy atom. The summed E-state index contributed by atoms with van der Waals surface area (Å²) in [6.07, 6.45) is 0. The molecule has 1 fully saturated rings. The molecule has 2 aliphatic heterocycles. The molecule has 1 aromatic heterocycles. The van der Waals surface area contributed by atoms with E-state index in [1.165, 1.54) is 9.80 Å². The van der Waals surface area contributed by atoms with Crippen LogP contribution in [0.1, 0.15) is 23.9 Å². The van der Waals surface area contributed by atoms with Gasteiger partial charge in [0.2, 0.25) is 11.9 Å². The highest BCUT2D eigenvalue weighted by Gasteiger charge is 2.52. The van der Waals surface area contributed by atoms with Crippen molar-refractivity contribution in [1.82, 2.24) is 19.6 Å². The van der Waals surface area contributed by atoms with Crippen molar-refractivity contribution in [3.63, 3.8) is 0 Å². The lowest BCUT2D eigenvalue weighted by Gasteiger charge is -2.34. The third-order valence-corrected chi connectivity index (χ3v) is 6.14. The molecule has 3 heterocycles. The zero-order valence-electron chi connectivity index (χ0n) is 18.6. The number of hydrogen-bond donors (Lipinski definition) is 0. The van der Waals surface area contributed by atoms with Crippen molar-refractivity contribution in [3.05, 3.63) is 65.5 Å². The normalized spacial score (nSPS) is 18.6. The molecular formula is C24H25N6O2+. The molecule has 0 spiro atoms. The van der Waals surface area contributed by atoms with E-state index in [0.717, 1.165) is 27.7 Å². The van der Waals surface area contributed by atoms with E-state index in [0.29, 0.717) is 18.3 Å². The van der Waals surface area contributed by atoms with Crippen molar-refractivity contribution >= 4 is 34.5 Å². The molecule has 1 atom stereocenters. The average Bonchev–Trinajstić information content (AvgIpc) is 3.34. The van der Waals surface area contributed by atoms with Crippen LogP contribution in [0.5, 0.6) is 0 Å². The Bertz CT molecular complexity index is 1330. The summed E-state index contributed by atoms with van der Waals surface area (Å²) in [6, 6.07) is 14.9. The Hall–Kier alpha value is -3.81. The van der Waals surface area contributed by atoms with E-state index in [2.05, 4.69) is 5.10 Å². The Morgan fingerprint density at radius 3 is 2.53 bits per heavy atom. The molecule has 0 bridgehead atoms. The predicted molar refractivity (Wildman–Crippen MR) is 122 cm³/mol. The van der Waals surface area contributed by atoms with Gasteiger partial charge in [-0.3, -0.25) is 14.6 Å². The van der Waals surface area contributed by atoms with Gasteiger partial charge in [0.25, 0.3) is 5.91 Å². The maximum atomic E-state index is 13.7. The van der Waals surface area contributed by atoms with E-state index < -0.39 is 6.04 Å². The number of aliphatic imine (C=N–C) groups is 1. The van der Waals surface area contributed by atoms with Gasteiger partial charge in [-0.2, -0.15) is 0 Å². The van der Waals surface area contributed by atoms with Gasteiger partial charge >= 0.3 is 12.0 Å². The maximum absolute atomic E-state index is 13.7. The fraction of sp³-hybridized carbons (Fsp3) is 0.292. The first-order chi connectivity index (χ1) is 15.4. The highest BCUT2D eigenvalue weighted by atomic mass is 16.2. The third kappa shape index (κ3) is 2.94. The molecule has 162 valence electrons. The fourth-order valence-corrected chi connectivity index (χ4v) is 4.58. The number of benzene rings is 2. The second-order valence-corrected chi connectivity index (χ2v) is 8.20. The monoisotopic (exact) mass is 429 g/mol. The van der Waals surface area contributed by atoms with Gasteiger partial charge in [0.15, 0.2) is 0 Å². The fourth-order valence-electron chi connectivity index (χ4n) is 4.58. The first kappa shape index (κ1) is 20.1. The summed E-state index contributed by atoms with van der Waals surface area (Å²) in [5.74, 6) is 0.745. The highest BCUT2D eigenvalue weighted by molar-refractivity contribution is 6.23. The van der Waals surface area contributed by atoms with E-state index in [9.17, 15) is 9.59 Å². The summed E-state index contributed by atoms with van der Waals surface area (Å²) in [5.41, 5.74) is 2.73. The first-order valence-electron chi connectivity index (χ1n) is 10.7. The van der Waals surface area contributed by atoms with E-state index in [1.807, 2.05) is 73.9 Å². The number of hydrogen-bond acceptors (Lipinski definition) is 4. The Labute approximate surface area is 186 Å². The smallest absolute Gasteiger partial charge is 0.270 e. The van der Waals surface area contributed by atoms with Gasteiger partial charge < -0.3 is 0 Å². The van der Waals surface area contributed by atoms with Crippen molar-refractivity contribution in [2.75, 3.05) is 13.6 Å². The molecule has 2 aromatic carbocycles. The average molecular weight is 430 g/mol. The molecule has 3 amide bonds. The van der Waals surface area contributed by atoms with Crippen LogP contribution in [0.15, 0.2) is 53.5 Å². The first-order valence-corrected chi connectivity index (χ1v) is 10.7. The van der Waals surface area contributed by atoms with Crippen LogP contribution in [0.3, 0.4) is 0 Å². The Balaban J connectivity index is 1.57. The van der Waals surface area contributed by atoms with Crippen LogP contribution in [0.2, 0.25) is 0 Å². The van der Waals surface area contributed by atoms with Gasteiger partial charge in [-0.05, 0) is 43.2 Å². The van der Waals surface area contributed by atoms with Crippen LogP contribution in [-0.2, 0) is 11.3 Å². The lowest BCUT2D eigenvalue weighted by Crippen LogP contribution is -2.62. The van der Waals surface area contributed by atoms with Gasteiger partial charge in [-0.15, -0.1) is 9.78 Å². The lowest BCUT2D eigenvalue weighted by atomic mass is 10.0. The number of imide groups is 1. The van der Waals surface area contributed by atoms with Crippen LogP contribution in [-0.4, -0.2) is 67.5 Å². The number of carbonyl (C=O) groups excluding carboxylic acids is 2. The molecule has 0 aliphatic carbocycles. The number of amides is 3. The van der Waals surface area contributed by atoms with Crippen LogP contribution in [0, 0.1) is 13.8 Å². The second kappa shape index (κ2) is 7.40. The molecule has 5 rings (SSSR count). The highest BCUT2D eigenvalue weighted by Crippen LogP contribution is 2.25. The Morgan fingerprint density at radius 1 is 1.06 bits per heavy atom. The number of fused-ring (bicyclic) bond motifs is 2. The number of aryl methyl sites for hydroxylation is 2. The molecule has 8 nitrogen and oxygen atoms in total. The van der Waals surface area contributed by atoms with Crippen LogP contribution < -0.4 is 0 Å². The summed E-state index contributed by atoms with van der Waals surface area (Å²) < 4.78 is 3.65. The predicted octanol–water partition coefficient (Wildman–Crippen LogP) is 2.76. The summed E-state index contributed by atoms with van der Waals surface area (Å²) in [4.78, 5) is 34.4. The molecule has 3 aromatic rings. The number of carbonyl (C=O) groups is 2. The minimum absolute atomic E-state index is 0.208. The zero-order chi connectivity index (χ0) is 22.6. The van der Waals surface area contributed by atoms with E-state index in [4.69, 9.17) is 4.99 Å². The summed E-state index contributed by atoms with van der Waals surface area (Å²) in [5, 5.41) is 6.65. The SMILES string of the molecule is CC[N+]1=C(n2nc(C)cc2C)N=C2C1C(=O)N(Cc1cccc3ccccc13)C(=O)N2C. The quantitative estimate of drug-likeness (QED) is 0.601. The van der Waals surface area contributed by atoms with E-state index in [1.54, 1.807) is 11.7 Å². The molecule has 8 heteroatoms. The van der Waals surface area contributed by atoms with E-state index >= 15 is 0 Å². The van der Waals surface area contributed by atoms with Crippen molar-refractivity contribution in [3.8, 4) is 0 Å². The van der Waals surface area contributed by atoms with Crippen molar-refractivity contribution < 1.29 is 14.2 Å². The number of amidine groups is 1. The topological polar surface area (TPSA) is 73.8 Å². The maximum Gasteiger partial charge on any atom is 0.421 e. The number of aromatic nitrogens is 2. The molecule has 0 radical (unpaired) electrons. The zero-order valence-corrected chi connectivity index (χ0v) is 18.6. The third-order valence-electron chi connectivity index (χ3n) is 6.14. The van der Waals surface area contributed by atoms with Crippen LogP contribution in [0.25, 0.3) is 10.8 Å². The standard InChI is InChI=1S/C24H25N6O2/c1-5-28-20-21(25-23(28)30-16(3)13-15(2)26-30)27(4)24(32)29(22(20)31)14-18-11-8-10-17-9-6-7-12-19(17)18/h6-13,20H,5,14H2,1-4H3/q+1. The molecule has 32 heavy (non-hydrogen) atoms. The number of urea groups is 1. The van der Waals surface area contributed by atoms with Crippen LogP contribution >= 0.6 is 0 Å². The van der Waals surface area contributed by atoms with Gasteiger partial charge in [0.1, 0.15) is 5.69 Å². The number of nitrogens with zero attached hydrogens (tertiary/aromatic N) is 6. The van der Waals surface area contributed by atoms with Gasteiger partial charge in [-0.25, -0.2) is 9.37 Å². The van der Waals surface area contributed by atoms with Gasteiger partial charge in [-0.1, -0.05) is 47.5 Å². The molecule has 1 unspecified atom stereocenters. The lowest BCUT2D eigenvalue weighted by molar-refractivity contribution is -0.534. The minimum atomic E-state index is -0.656. The molecule has 0 N–H and O–H groups in total. The second-order valence-electron chi connectivity index (χ2n) is 8.20. The largest absolute Gasteiger partial charge is 0.421 e. The minimum Gasteiger partial charge on any atom is -0.270 e. The summed E-state index contributed by atoms with van der Waals surface area (Å²) in [7, 11) is 1.68. The van der Waals surface area contributed by atoms with Crippen molar-refractivity contribution in [1.29, 1.82) is 0 Å². The van der Waals surface area contributed by atoms with E-state index in [-0.39, 0.29) is 18.5 Å². The summed E-state index contributed by atoms with van der Waals surface area (Å²) >= 11 is 0. The van der Waals surface area contributed by atoms with Crippen LogP contribution in [0.4, 0.5) is 4.79 Å². The number of rotatable bonds is 3. The molecule has 1 saturated heterocycles. The Kier molecular flexibility index (Phi) is 4.65.